The van der Waals surface area contributed by atoms with Gasteiger partial charge in [0.25, 0.3) is 0 Å². The first-order valence-corrected chi connectivity index (χ1v) is 13.7. The van der Waals surface area contributed by atoms with Gasteiger partial charge in [0.15, 0.2) is 0 Å². The summed E-state index contributed by atoms with van der Waals surface area (Å²) in [7, 11) is -1.18. The van der Waals surface area contributed by atoms with Crippen molar-refractivity contribution in [3.63, 3.8) is 0 Å². The molecule has 166 valence electrons. The number of hydrogen-bond acceptors (Lipinski definition) is 6. The molecular weight excluding hydrogens is 468 g/mol. The second-order valence-electron chi connectivity index (χ2n) is 7.39. The van der Waals surface area contributed by atoms with Crippen LogP contribution in [-0.4, -0.2) is 31.9 Å². The summed E-state index contributed by atoms with van der Waals surface area (Å²) in [6, 6.07) is 27.6. The second kappa shape index (κ2) is 11.4. The smallest absolute Gasteiger partial charge is 0.115 e. The maximum Gasteiger partial charge on any atom is 0.115 e. The molecule has 1 N–H and O–H groups in total. The Morgan fingerprint density at radius 1 is 1.06 bits per heavy atom. The Morgan fingerprint density at radius 2 is 1.79 bits per heavy atom. The fourth-order valence-electron chi connectivity index (χ4n) is 3.39. The van der Waals surface area contributed by atoms with Gasteiger partial charge >= 0.3 is 0 Å². The van der Waals surface area contributed by atoms with Gasteiger partial charge in [-0.2, -0.15) is 5.26 Å². The highest BCUT2D eigenvalue weighted by atomic mass is 32.2. The van der Waals surface area contributed by atoms with E-state index in [-0.39, 0.29) is 5.75 Å². The van der Waals surface area contributed by atoms with Gasteiger partial charge in [-0.3, -0.25) is 4.21 Å². The number of pyridine rings is 1. The molecule has 0 fully saturated rings. The number of nitriles is 1. The minimum atomic E-state index is -1.18. The molecule has 0 spiro atoms. The maximum atomic E-state index is 12.5. The summed E-state index contributed by atoms with van der Waals surface area (Å²) in [5.41, 5.74) is 4.04. The zero-order valence-corrected chi connectivity index (χ0v) is 20.2. The lowest BCUT2D eigenvalue weighted by molar-refractivity contribution is 0.224. The summed E-state index contributed by atoms with van der Waals surface area (Å²) in [5, 5.41) is 23.1. The quantitative estimate of drug-likeness (QED) is 0.302. The van der Waals surface area contributed by atoms with Crippen LogP contribution in [0.4, 0.5) is 0 Å². The predicted molar refractivity (Wildman–Crippen MR) is 138 cm³/mol. The number of benzene rings is 2. The third-order valence-electron chi connectivity index (χ3n) is 4.92. The van der Waals surface area contributed by atoms with Gasteiger partial charge in [0, 0.05) is 27.9 Å². The molecule has 0 bridgehead atoms. The van der Waals surface area contributed by atoms with Gasteiger partial charge in [0.1, 0.15) is 11.1 Å². The molecule has 2 aromatic carbocycles. The fourth-order valence-corrected chi connectivity index (χ4v) is 6.38. The van der Waals surface area contributed by atoms with E-state index in [0.717, 1.165) is 27.3 Å². The Hall–Kier alpha value is -2.76. The van der Waals surface area contributed by atoms with Crippen LogP contribution in [0.25, 0.3) is 21.7 Å². The Labute approximate surface area is 204 Å². The summed E-state index contributed by atoms with van der Waals surface area (Å²) in [6.45, 7) is 0. The molecule has 2 atom stereocenters. The maximum absolute atomic E-state index is 12.5. The lowest BCUT2D eigenvalue weighted by atomic mass is 10.0. The van der Waals surface area contributed by atoms with E-state index in [4.69, 9.17) is 4.98 Å². The predicted octanol–water partition coefficient (Wildman–Crippen LogP) is 5.75. The highest BCUT2D eigenvalue weighted by Crippen LogP contribution is 2.35. The molecule has 4 rings (SSSR count). The topological polar surface area (TPSA) is 74.0 Å². The normalized spacial score (nSPS) is 12.7. The fraction of sp³-hybridized carbons (Fsp3) is 0.154. The van der Waals surface area contributed by atoms with Crippen molar-refractivity contribution in [1.29, 1.82) is 5.26 Å². The highest BCUT2D eigenvalue weighted by molar-refractivity contribution is 7.99. The SMILES string of the molecule is N#Cc1c(-c2ccccc2)cc(-c2cccs2)nc1SC[C@@H](O)C[S@@](=O)Cc1ccccc1. The van der Waals surface area contributed by atoms with Crippen LogP contribution < -0.4 is 0 Å². The molecule has 0 aliphatic heterocycles. The van der Waals surface area contributed by atoms with Crippen molar-refractivity contribution < 1.29 is 9.32 Å². The number of thiophene rings is 1. The van der Waals surface area contributed by atoms with Gasteiger partial charge < -0.3 is 5.11 Å². The summed E-state index contributed by atoms with van der Waals surface area (Å²) in [6.07, 6.45) is -0.765. The van der Waals surface area contributed by atoms with E-state index >= 15 is 0 Å². The molecular formula is C26H22N2O2S3. The molecule has 7 heteroatoms. The number of aliphatic hydroxyl groups excluding tert-OH is 1. The minimum Gasteiger partial charge on any atom is -0.391 e. The van der Waals surface area contributed by atoms with E-state index in [2.05, 4.69) is 6.07 Å². The van der Waals surface area contributed by atoms with Crippen molar-refractivity contribution in [2.24, 2.45) is 0 Å². The van der Waals surface area contributed by atoms with Gasteiger partial charge in [-0.1, -0.05) is 66.7 Å². The van der Waals surface area contributed by atoms with Gasteiger partial charge in [0.05, 0.1) is 28.0 Å². The molecule has 2 heterocycles. The molecule has 0 aliphatic carbocycles. The van der Waals surface area contributed by atoms with Crippen LogP contribution in [0.5, 0.6) is 0 Å². The molecule has 4 nitrogen and oxygen atoms in total. The standard InChI is InChI=1S/C26H22N2O2S3/c27-15-23-22(20-10-5-2-6-11-20)14-24(25-12-7-13-31-25)28-26(23)32-16-21(29)18-33(30)17-19-8-3-1-4-9-19/h1-14,21,29H,16-18H2/t21-,33+/m1/s1. The average Bonchev–Trinajstić information content (AvgIpc) is 3.38. The van der Waals surface area contributed by atoms with Crippen molar-refractivity contribution in [2.75, 3.05) is 11.5 Å². The Kier molecular flexibility index (Phi) is 8.08. The first kappa shape index (κ1) is 23.4. The molecule has 2 aromatic heterocycles. The van der Waals surface area contributed by atoms with E-state index in [0.29, 0.717) is 22.1 Å². The van der Waals surface area contributed by atoms with Crippen LogP contribution in [0, 0.1) is 11.3 Å². The van der Waals surface area contributed by atoms with Crippen LogP contribution in [-0.2, 0) is 16.6 Å². The molecule has 33 heavy (non-hydrogen) atoms. The Morgan fingerprint density at radius 3 is 2.45 bits per heavy atom. The van der Waals surface area contributed by atoms with E-state index in [1.165, 1.54) is 11.8 Å². The minimum absolute atomic E-state index is 0.180. The average molecular weight is 491 g/mol. The molecule has 0 aliphatic rings. The summed E-state index contributed by atoms with van der Waals surface area (Å²) in [4.78, 5) is 5.77. The third-order valence-corrected chi connectivity index (χ3v) is 8.34. The van der Waals surface area contributed by atoms with Crippen molar-refractivity contribution in [3.05, 3.63) is 95.4 Å². The van der Waals surface area contributed by atoms with Crippen LogP contribution in [0.1, 0.15) is 11.1 Å². The van der Waals surface area contributed by atoms with Crippen LogP contribution in [0.2, 0.25) is 0 Å². The zero-order valence-electron chi connectivity index (χ0n) is 17.8. The van der Waals surface area contributed by atoms with Gasteiger partial charge in [-0.25, -0.2) is 4.98 Å². The molecule has 0 radical (unpaired) electrons. The van der Waals surface area contributed by atoms with E-state index in [1.807, 2.05) is 84.2 Å². The number of thioether (sulfide) groups is 1. The largest absolute Gasteiger partial charge is 0.391 e. The van der Waals surface area contributed by atoms with Crippen molar-refractivity contribution in [3.8, 4) is 27.8 Å². The van der Waals surface area contributed by atoms with Gasteiger partial charge in [0.2, 0.25) is 0 Å². The van der Waals surface area contributed by atoms with Crippen LogP contribution >= 0.6 is 23.1 Å². The Bertz CT molecular complexity index is 1250. The lowest BCUT2D eigenvalue weighted by Crippen LogP contribution is -2.20. The number of rotatable bonds is 9. The third kappa shape index (κ3) is 6.18. The number of aromatic nitrogens is 1. The monoisotopic (exact) mass is 490 g/mol. The first-order chi connectivity index (χ1) is 16.1. The first-order valence-electron chi connectivity index (χ1n) is 10.4. The van der Waals surface area contributed by atoms with E-state index < -0.39 is 16.9 Å². The number of nitrogens with zero attached hydrogens (tertiary/aromatic N) is 2. The number of hydrogen-bond donors (Lipinski definition) is 1. The van der Waals surface area contributed by atoms with Crippen LogP contribution in [0.15, 0.2) is 89.3 Å². The second-order valence-corrected chi connectivity index (χ2v) is 10.8. The number of aliphatic hydroxyl groups is 1. The molecule has 0 unspecified atom stereocenters. The van der Waals surface area contributed by atoms with Crippen molar-refractivity contribution in [2.45, 2.75) is 16.9 Å². The lowest BCUT2D eigenvalue weighted by Gasteiger charge is -2.14. The van der Waals surface area contributed by atoms with Crippen molar-refractivity contribution >= 4 is 33.9 Å². The van der Waals surface area contributed by atoms with Gasteiger partial charge in [-0.15, -0.1) is 23.1 Å². The zero-order chi connectivity index (χ0) is 23.0. The molecule has 4 aromatic rings. The summed E-state index contributed by atoms with van der Waals surface area (Å²) in [5.74, 6) is 0.903. The molecule has 0 saturated heterocycles. The summed E-state index contributed by atoms with van der Waals surface area (Å²) >= 11 is 2.93. The van der Waals surface area contributed by atoms with Crippen molar-refractivity contribution in [1.82, 2.24) is 4.98 Å². The molecule has 0 saturated carbocycles. The molecule has 0 amide bonds. The van der Waals surface area contributed by atoms with Gasteiger partial charge in [-0.05, 0) is 28.6 Å². The van der Waals surface area contributed by atoms with Crippen LogP contribution in [0.3, 0.4) is 0 Å². The Balaban J connectivity index is 1.54. The van der Waals surface area contributed by atoms with E-state index in [9.17, 15) is 14.6 Å². The summed E-state index contributed by atoms with van der Waals surface area (Å²) < 4.78 is 12.5. The highest BCUT2D eigenvalue weighted by Gasteiger charge is 2.18. The van der Waals surface area contributed by atoms with E-state index in [1.54, 1.807) is 11.3 Å².